The third kappa shape index (κ3) is 4.92. The third-order valence-corrected chi connectivity index (χ3v) is 4.73. The Hall–Kier alpha value is -1.65. The number of hydrogen-bond donors (Lipinski definition) is 1. The van der Waals surface area contributed by atoms with Crippen LogP contribution in [0.5, 0.6) is 0 Å². The predicted molar refractivity (Wildman–Crippen MR) is 95.1 cm³/mol. The molecule has 1 aliphatic heterocycles. The van der Waals surface area contributed by atoms with Crippen molar-refractivity contribution in [3.8, 4) is 0 Å². The van der Waals surface area contributed by atoms with E-state index in [0.717, 1.165) is 12.8 Å². The molecule has 24 heavy (non-hydrogen) atoms. The number of carbonyl (C=O) groups excluding carboxylic acids is 3. The van der Waals surface area contributed by atoms with Crippen LogP contribution in [0.1, 0.15) is 67.7 Å². The number of rotatable bonds is 8. The second-order valence-corrected chi connectivity index (χ2v) is 8.34. The molecule has 0 saturated heterocycles. The van der Waals surface area contributed by atoms with Crippen LogP contribution >= 0.6 is 0 Å². The first-order chi connectivity index (χ1) is 10.9. The van der Waals surface area contributed by atoms with Crippen molar-refractivity contribution < 1.29 is 14.4 Å². The summed E-state index contributed by atoms with van der Waals surface area (Å²) < 4.78 is 0. The fourth-order valence-electron chi connectivity index (χ4n) is 3.49. The SMILES string of the molecule is CCC(C)CC(C)NC(=O)C(C)(C)CC(C)(C)N1C(=O)C=CC1=O. The molecular formula is C19H32N2O3. The molecule has 1 heterocycles. The minimum atomic E-state index is -0.724. The molecule has 0 aromatic carbocycles. The van der Waals surface area contributed by atoms with Gasteiger partial charge < -0.3 is 5.32 Å². The van der Waals surface area contributed by atoms with Crippen molar-refractivity contribution >= 4 is 17.7 Å². The fraction of sp³-hybridized carbons (Fsp3) is 0.737. The number of hydrogen-bond acceptors (Lipinski definition) is 3. The molecule has 0 aromatic heterocycles. The molecule has 0 saturated carbocycles. The normalized spacial score (nSPS) is 18.0. The fourth-order valence-corrected chi connectivity index (χ4v) is 3.49. The molecule has 3 amide bonds. The summed E-state index contributed by atoms with van der Waals surface area (Å²) in [4.78, 5) is 37.8. The summed E-state index contributed by atoms with van der Waals surface area (Å²) in [6, 6.07) is 0.103. The van der Waals surface area contributed by atoms with E-state index in [-0.39, 0.29) is 23.8 Å². The second-order valence-electron chi connectivity index (χ2n) is 8.34. The van der Waals surface area contributed by atoms with Gasteiger partial charge in [0.15, 0.2) is 0 Å². The van der Waals surface area contributed by atoms with Crippen molar-refractivity contribution in [3.05, 3.63) is 12.2 Å². The minimum absolute atomic E-state index is 0.0431. The summed E-state index contributed by atoms with van der Waals surface area (Å²) in [5.41, 5.74) is -1.41. The van der Waals surface area contributed by atoms with Crippen molar-refractivity contribution in [2.45, 2.75) is 79.3 Å². The van der Waals surface area contributed by atoms with Gasteiger partial charge in [0.05, 0.1) is 0 Å². The Balaban J connectivity index is 2.75. The summed E-state index contributed by atoms with van der Waals surface area (Å²) in [6.45, 7) is 13.7. The summed E-state index contributed by atoms with van der Waals surface area (Å²) in [7, 11) is 0. The molecule has 0 aromatic rings. The first kappa shape index (κ1) is 20.4. The molecule has 1 aliphatic rings. The van der Waals surface area contributed by atoms with Crippen LogP contribution in [0.15, 0.2) is 12.2 Å². The lowest BCUT2D eigenvalue weighted by Gasteiger charge is -2.39. The summed E-state index contributed by atoms with van der Waals surface area (Å²) in [5.74, 6) is -0.109. The minimum Gasteiger partial charge on any atom is -0.353 e. The highest BCUT2D eigenvalue weighted by Crippen LogP contribution is 2.34. The summed E-state index contributed by atoms with van der Waals surface area (Å²) in [5, 5.41) is 3.08. The first-order valence-corrected chi connectivity index (χ1v) is 8.78. The molecule has 2 unspecified atom stereocenters. The highest BCUT2D eigenvalue weighted by Gasteiger charge is 2.43. The Kier molecular flexibility index (Phi) is 6.37. The number of carbonyl (C=O) groups is 3. The summed E-state index contributed by atoms with van der Waals surface area (Å²) in [6.07, 6.45) is 5.00. The van der Waals surface area contributed by atoms with Gasteiger partial charge in [-0.25, -0.2) is 0 Å². The van der Waals surface area contributed by atoms with E-state index in [9.17, 15) is 14.4 Å². The average molecular weight is 336 g/mol. The van der Waals surface area contributed by atoms with E-state index in [1.165, 1.54) is 17.1 Å². The zero-order chi connectivity index (χ0) is 18.7. The van der Waals surface area contributed by atoms with E-state index in [1.54, 1.807) is 0 Å². The van der Waals surface area contributed by atoms with Gasteiger partial charge in [-0.15, -0.1) is 0 Å². The molecule has 0 aliphatic carbocycles. The Morgan fingerprint density at radius 3 is 2.08 bits per heavy atom. The smallest absolute Gasteiger partial charge is 0.254 e. The maximum Gasteiger partial charge on any atom is 0.254 e. The molecule has 5 heteroatoms. The Bertz CT molecular complexity index is 517. The molecule has 1 N–H and O–H groups in total. The van der Waals surface area contributed by atoms with Crippen LogP contribution in [0.2, 0.25) is 0 Å². The zero-order valence-electron chi connectivity index (χ0n) is 16.1. The Labute approximate surface area is 145 Å². The monoisotopic (exact) mass is 336 g/mol. The van der Waals surface area contributed by atoms with E-state index in [2.05, 4.69) is 19.2 Å². The van der Waals surface area contributed by atoms with Crippen molar-refractivity contribution in [3.63, 3.8) is 0 Å². The topological polar surface area (TPSA) is 66.5 Å². The van der Waals surface area contributed by atoms with E-state index < -0.39 is 11.0 Å². The van der Waals surface area contributed by atoms with Crippen LogP contribution in [0, 0.1) is 11.3 Å². The molecule has 0 fully saturated rings. The molecule has 0 bridgehead atoms. The van der Waals surface area contributed by atoms with Crippen LogP contribution in [0.25, 0.3) is 0 Å². The molecular weight excluding hydrogens is 304 g/mol. The molecule has 1 rings (SSSR count). The maximum absolute atomic E-state index is 12.7. The van der Waals surface area contributed by atoms with Gasteiger partial charge in [-0.1, -0.05) is 34.1 Å². The predicted octanol–water partition coefficient (Wildman–Crippen LogP) is 3.05. The number of nitrogens with one attached hydrogen (secondary N) is 1. The van der Waals surface area contributed by atoms with Gasteiger partial charge in [-0.05, 0) is 39.5 Å². The Morgan fingerprint density at radius 2 is 1.62 bits per heavy atom. The van der Waals surface area contributed by atoms with Crippen molar-refractivity contribution in [2.24, 2.45) is 11.3 Å². The van der Waals surface area contributed by atoms with Gasteiger partial charge in [0, 0.05) is 29.1 Å². The van der Waals surface area contributed by atoms with E-state index in [1.807, 2.05) is 34.6 Å². The standard InChI is InChI=1S/C19H32N2O3/c1-8-13(2)11-14(3)20-17(24)18(4,5)12-19(6,7)21-15(22)9-10-16(21)23/h9-10,13-14H,8,11-12H2,1-7H3,(H,20,24). The molecule has 2 atom stereocenters. The van der Waals surface area contributed by atoms with E-state index >= 15 is 0 Å². The highest BCUT2D eigenvalue weighted by atomic mass is 16.2. The van der Waals surface area contributed by atoms with Crippen molar-refractivity contribution in [2.75, 3.05) is 0 Å². The average Bonchev–Trinajstić information content (AvgIpc) is 2.77. The van der Waals surface area contributed by atoms with Crippen LogP contribution < -0.4 is 5.32 Å². The Morgan fingerprint density at radius 1 is 1.12 bits per heavy atom. The van der Waals surface area contributed by atoms with Gasteiger partial charge in [0.1, 0.15) is 0 Å². The maximum atomic E-state index is 12.7. The molecule has 136 valence electrons. The van der Waals surface area contributed by atoms with Crippen LogP contribution in [0.4, 0.5) is 0 Å². The first-order valence-electron chi connectivity index (χ1n) is 8.78. The lowest BCUT2D eigenvalue weighted by Crippen LogP contribution is -2.53. The lowest BCUT2D eigenvalue weighted by molar-refractivity contribution is -0.146. The van der Waals surface area contributed by atoms with Crippen LogP contribution in [-0.4, -0.2) is 34.2 Å². The quantitative estimate of drug-likeness (QED) is 0.693. The van der Waals surface area contributed by atoms with Gasteiger partial charge in [-0.2, -0.15) is 0 Å². The van der Waals surface area contributed by atoms with E-state index in [0.29, 0.717) is 12.3 Å². The molecule has 0 radical (unpaired) electrons. The van der Waals surface area contributed by atoms with E-state index in [4.69, 9.17) is 0 Å². The summed E-state index contributed by atoms with van der Waals surface area (Å²) >= 11 is 0. The molecule has 0 spiro atoms. The third-order valence-electron chi connectivity index (χ3n) is 4.73. The van der Waals surface area contributed by atoms with Gasteiger partial charge in [-0.3, -0.25) is 19.3 Å². The van der Waals surface area contributed by atoms with Gasteiger partial charge in [0.2, 0.25) is 5.91 Å². The van der Waals surface area contributed by atoms with Gasteiger partial charge >= 0.3 is 0 Å². The number of amides is 3. The lowest BCUT2D eigenvalue weighted by atomic mass is 9.78. The van der Waals surface area contributed by atoms with Crippen LogP contribution in [0.3, 0.4) is 0 Å². The zero-order valence-corrected chi connectivity index (χ0v) is 16.1. The highest BCUT2D eigenvalue weighted by molar-refractivity contribution is 6.13. The number of nitrogens with zero attached hydrogens (tertiary/aromatic N) is 1. The van der Waals surface area contributed by atoms with Crippen molar-refractivity contribution in [1.29, 1.82) is 0 Å². The second kappa shape index (κ2) is 7.49. The molecule has 5 nitrogen and oxygen atoms in total. The van der Waals surface area contributed by atoms with Crippen LogP contribution in [-0.2, 0) is 14.4 Å². The van der Waals surface area contributed by atoms with Crippen molar-refractivity contribution in [1.82, 2.24) is 10.2 Å². The number of imide groups is 1. The van der Waals surface area contributed by atoms with Gasteiger partial charge in [0.25, 0.3) is 11.8 Å². The largest absolute Gasteiger partial charge is 0.353 e.